The number of hydrogen-bond acceptors (Lipinski definition) is 7. The lowest BCUT2D eigenvalue weighted by Gasteiger charge is -2.55. The molecule has 2 aliphatic carbocycles. The van der Waals surface area contributed by atoms with Crippen LogP contribution in [0.4, 0.5) is 79.6 Å². The average molecular weight is 1190 g/mol. The molecule has 3 unspecified atom stereocenters. The van der Waals surface area contributed by atoms with Gasteiger partial charge in [0.2, 0.25) is 0 Å². The SMILES string of the molecule is Cc1ccc(N(C2=CC=CC(C)C2)c2cc3c4c(c2)N(c2ccc(C)cc2)c2cc(N(c5ccc(C)cc5)c5ccc(C)cc5)cc5c2P4(=S)C2=C(CC(N(c4ccc(C)cc4)c4ccc(C)cc4)C=C2N5c2ccc(C)cc2)N3c2ccc(C)cc2)cc1. The Morgan fingerprint density at radius 3 is 1.13 bits per heavy atom. The molecule has 10 aromatic carbocycles. The smallest absolute Gasteiger partial charge is 0.0600 e. The topological polar surface area (TPSA) is 19.4 Å². The first-order valence-corrected chi connectivity index (χ1v) is 34.1. The van der Waals surface area contributed by atoms with Crippen molar-refractivity contribution in [3.63, 3.8) is 0 Å². The highest BCUT2D eigenvalue weighted by Gasteiger charge is 2.55. The summed E-state index contributed by atoms with van der Waals surface area (Å²) in [5.41, 5.74) is 28.6. The highest BCUT2D eigenvalue weighted by Crippen LogP contribution is 2.74. The lowest BCUT2D eigenvalue weighted by atomic mass is 9.94. The summed E-state index contributed by atoms with van der Waals surface area (Å²) in [5.74, 6) is 0.350. The molecule has 89 heavy (non-hydrogen) atoms. The van der Waals surface area contributed by atoms with Crippen LogP contribution in [-0.4, -0.2) is 6.04 Å². The highest BCUT2D eigenvalue weighted by atomic mass is 32.4. The zero-order chi connectivity index (χ0) is 61.0. The predicted octanol–water partition coefficient (Wildman–Crippen LogP) is 21.5. The third-order valence-corrected chi connectivity index (χ3v) is 23.5. The molecule has 0 saturated heterocycles. The van der Waals surface area contributed by atoms with Crippen molar-refractivity contribution in [2.45, 2.75) is 81.2 Å². The quantitative estimate of drug-likeness (QED) is 0.112. The van der Waals surface area contributed by atoms with Crippen LogP contribution in [0.25, 0.3) is 0 Å². The maximum absolute atomic E-state index is 8.16. The van der Waals surface area contributed by atoms with E-state index in [4.69, 9.17) is 11.8 Å². The zero-order valence-corrected chi connectivity index (χ0v) is 53.9. The van der Waals surface area contributed by atoms with Crippen LogP contribution in [0.1, 0.15) is 64.3 Å². The summed E-state index contributed by atoms with van der Waals surface area (Å²) in [6, 6.07) is 79.7. The van der Waals surface area contributed by atoms with E-state index in [2.05, 4.69) is 334 Å². The Labute approximate surface area is 531 Å². The van der Waals surface area contributed by atoms with Gasteiger partial charge in [-0.2, -0.15) is 0 Å². The number of anilines is 14. The van der Waals surface area contributed by atoms with E-state index >= 15 is 0 Å². The van der Waals surface area contributed by atoms with Crippen LogP contribution < -0.4 is 40.0 Å². The van der Waals surface area contributed by atoms with E-state index in [1.165, 1.54) is 71.8 Å². The van der Waals surface area contributed by atoms with Gasteiger partial charge in [0.15, 0.2) is 0 Å². The van der Waals surface area contributed by atoms with Crippen molar-refractivity contribution in [2.75, 3.05) is 29.4 Å². The van der Waals surface area contributed by atoms with Crippen LogP contribution in [0.15, 0.2) is 265 Å². The van der Waals surface area contributed by atoms with Crippen LogP contribution in [0.2, 0.25) is 0 Å². The van der Waals surface area contributed by atoms with Gasteiger partial charge in [-0.25, -0.2) is 0 Å². The first-order chi connectivity index (χ1) is 43.2. The molecule has 0 amide bonds. The number of aryl methyl sites for hydroxylation is 8. The van der Waals surface area contributed by atoms with E-state index in [9.17, 15) is 0 Å². The van der Waals surface area contributed by atoms with Gasteiger partial charge < -0.3 is 29.4 Å². The van der Waals surface area contributed by atoms with E-state index in [-0.39, 0.29) is 6.04 Å². The Balaban J connectivity index is 1.12. The van der Waals surface area contributed by atoms with Gasteiger partial charge in [0.25, 0.3) is 0 Å². The van der Waals surface area contributed by atoms with Crippen LogP contribution in [0.5, 0.6) is 0 Å². The van der Waals surface area contributed by atoms with Gasteiger partial charge in [-0.05, 0) is 201 Å². The molecule has 0 saturated carbocycles. The monoisotopic (exact) mass is 1190 g/mol. The molecule has 15 rings (SSSR count). The maximum atomic E-state index is 8.16. The highest BCUT2D eigenvalue weighted by molar-refractivity contribution is 8.24. The fourth-order valence-corrected chi connectivity index (χ4v) is 19.4. The normalized spacial score (nSPS) is 17.7. The van der Waals surface area contributed by atoms with E-state index in [0.29, 0.717) is 12.3 Å². The molecule has 10 aromatic rings. The summed E-state index contributed by atoms with van der Waals surface area (Å²) < 4.78 is 0. The Morgan fingerprint density at radius 2 is 0.719 bits per heavy atom. The molecule has 3 atom stereocenters. The Kier molecular flexibility index (Phi) is 13.9. The van der Waals surface area contributed by atoms with Crippen molar-refractivity contribution in [2.24, 2.45) is 5.92 Å². The Morgan fingerprint density at radius 1 is 0.382 bits per heavy atom. The summed E-state index contributed by atoms with van der Waals surface area (Å²) in [7, 11) is 0. The maximum Gasteiger partial charge on any atom is 0.0600 e. The number of benzene rings is 10. The number of allylic oxidation sites excluding steroid dienone is 5. The van der Waals surface area contributed by atoms with E-state index in [1.807, 2.05) is 0 Å². The number of nitrogens with zero attached hydrogens (tertiary/aromatic N) is 6. The zero-order valence-electron chi connectivity index (χ0n) is 52.2. The second-order valence-corrected chi connectivity index (χ2v) is 29.6. The first kappa shape index (κ1) is 56.1. The summed E-state index contributed by atoms with van der Waals surface area (Å²) in [6.07, 6.45) is 11.1. The van der Waals surface area contributed by atoms with Crippen LogP contribution in [0, 0.1) is 61.3 Å². The molecule has 0 N–H and O–H groups in total. The molecule has 0 bridgehead atoms. The molecule has 8 heteroatoms. The Bertz CT molecular complexity index is 4510. The lowest BCUT2D eigenvalue weighted by Crippen LogP contribution is -2.48. The summed E-state index contributed by atoms with van der Waals surface area (Å²) in [6.45, 7) is 19.8. The fraction of sp³-hybridized carbons (Fsp3) is 0.160. The Hall–Kier alpha value is -9.39. The fourth-order valence-electron chi connectivity index (χ4n) is 14.0. The van der Waals surface area contributed by atoms with Gasteiger partial charge >= 0.3 is 0 Å². The van der Waals surface area contributed by atoms with E-state index in [1.54, 1.807) is 0 Å². The molecule has 6 nitrogen and oxygen atoms in total. The summed E-state index contributed by atoms with van der Waals surface area (Å²) >= 11 is 8.16. The molecule has 0 spiro atoms. The predicted molar refractivity (Wildman–Crippen MR) is 383 cm³/mol. The van der Waals surface area contributed by atoms with E-state index < -0.39 is 6.04 Å². The van der Waals surface area contributed by atoms with Crippen LogP contribution in [0.3, 0.4) is 0 Å². The van der Waals surface area contributed by atoms with E-state index in [0.717, 1.165) is 91.7 Å². The summed E-state index contributed by atoms with van der Waals surface area (Å²) in [4.78, 5) is 15.4. The van der Waals surface area contributed by atoms with Crippen molar-refractivity contribution >= 4 is 108 Å². The van der Waals surface area contributed by atoms with Crippen molar-refractivity contribution in [1.29, 1.82) is 0 Å². The largest absolute Gasteiger partial charge is 0.334 e. The minimum Gasteiger partial charge on any atom is -0.334 e. The molecule has 3 aliphatic heterocycles. The molecule has 0 aromatic heterocycles. The molecule has 438 valence electrons. The number of hydrogen-bond donors (Lipinski definition) is 0. The van der Waals surface area contributed by atoms with Crippen LogP contribution in [-0.2, 0) is 11.8 Å². The van der Waals surface area contributed by atoms with Gasteiger partial charge in [0.1, 0.15) is 0 Å². The van der Waals surface area contributed by atoms with Gasteiger partial charge in [0, 0.05) is 85.3 Å². The lowest BCUT2D eigenvalue weighted by molar-refractivity contribution is 0.696. The van der Waals surface area contributed by atoms with Gasteiger partial charge in [-0.3, -0.25) is 0 Å². The average Bonchev–Trinajstić information content (AvgIpc) is 0.659. The van der Waals surface area contributed by atoms with Crippen molar-refractivity contribution < 1.29 is 0 Å². The van der Waals surface area contributed by atoms with Gasteiger partial charge in [0.05, 0.1) is 45.9 Å². The molecule has 3 heterocycles. The first-order valence-electron chi connectivity index (χ1n) is 31.3. The van der Waals surface area contributed by atoms with Crippen molar-refractivity contribution in [3.05, 3.63) is 310 Å². The second kappa shape index (κ2) is 22.0. The van der Waals surface area contributed by atoms with Crippen molar-refractivity contribution in [3.8, 4) is 0 Å². The molecule has 5 aliphatic rings. The molecular formula is C81H73N6PS. The van der Waals surface area contributed by atoms with Crippen molar-refractivity contribution in [1.82, 2.24) is 0 Å². The van der Waals surface area contributed by atoms with Gasteiger partial charge in [-0.15, -0.1) is 0 Å². The number of rotatable bonds is 12. The second-order valence-electron chi connectivity index (χ2n) is 25.3. The standard InChI is InChI=1S/C81H73N6PS/c1-52-13-29-61(30-14-52)82(62-31-15-53(2)16-32-62)70-46-73-79-75(48-70)86(67-41-25-58(7)26-42-67)77-50-72(84(65-37-21-56(5)22-38-65)69-12-10-11-60(9)45-69)51-78-81(77)88(79,89)80-74(85(73)66-39-23-57(6)24-40-66)47-71(49-76(80)87(78)68-43-27-59(8)28-44-68)83(63-33-17-54(3)18-34-63)64-35-19-55(4)20-36-64/h10-44,46-48,50-51,60,71H,45,49H2,1-9H3. The minimum atomic E-state index is -3.10. The molecule has 0 radical (unpaired) electrons. The summed E-state index contributed by atoms with van der Waals surface area (Å²) in [5, 5.41) is 3.67. The third kappa shape index (κ3) is 9.65. The third-order valence-electron chi connectivity index (χ3n) is 18.6. The molecular weight excluding hydrogens is 1120 g/mol. The molecule has 0 fully saturated rings. The van der Waals surface area contributed by atoms with Gasteiger partial charge in [-0.1, -0.05) is 172 Å². The minimum absolute atomic E-state index is 0.166. The van der Waals surface area contributed by atoms with Crippen LogP contribution >= 0.6 is 6.04 Å².